The highest BCUT2D eigenvalue weighted by atomic mass is 32.1. The first kappa shape index (κ1) is 19.5. The molecule has 0 aliphatic heterocycles. The number of carbonyl (C=O) groups excluding carboxylic acids is 1. The van der Waals surface area contributed by atoms with Crippen LogP contribution in [-0.4, -0.2) is 46.2 Å². The van der Waals surface area contributed by atoms with Gasteiger partial charge in [-0.1, -0.05) is 18.2 Å². The van der Waals surface area contributed by atoms with Gasteiger partial charge in [0, 0.05) is 12.2 Å². The molecule has 0 aliphatic rings. The highest BCUT2D eigenvalue weighted by molar-refractivity contribution is 7.71. The quantitative estimate of drug-likeness (QED) is 0.588. The maximum atomic E-state index is 12.8. The SMILES string of the molecule is CC(C(=O)Nc1ccc(CCN(C)C)cc1)n1c(-c2cccs2)n[nH]c1=S. The molecule has 27 heavy (non-hydrogen) atoms. The van der Waals surface area contributed by atoms with E-state index in [1.165, 1.54) is 5.56 Å². The second-order valence-electron chi connectivity index (χ2n) is 6.62. The van der Waals surface area contributed by atoms with Gasteiger partial charge in [0.1, 0.15) is 6.04 Å². The molecule has 8 heteroatoms. The number of hydrogen-bond donors (Lipinski definition) is 2. The molecule has 0 aliphatic carbocycles. The highest BCUT2D eigenvalue weighted by Crippen LogP contribution is 2.26. The fourth-order valence-electron chi connectivity index (χ4n) is 2.72. The summed E-state index contributed by atoms with van der Waals surface area (Å²) in [6, 6.07) is 11.4. The number of rotatable bonds is 7. The van der Waals surface area contributed by atoms with Crippen molar-refractivity contribution >= 4 is 35.1 Å². The molecule has 2 heterocycles. The first-order chi connectivity index (χ1) is 13.0. The van der Waals surface area contributed by atoms with Crippen LogP contribution in [0.3, 0.4) is 0 Å². The third-order valence-electron chi connectivity index (χ3n) is 4.28. The molecule has 2 aromatic heterocycles. The van der Waals surface area contributed by atoms with E-state index in [2.05, 4.69) is 34.5 Å². The normalized spacial score (nSPS) is 12.3. The van der Waals surface area contributed by atoms with Gasteiger partial charge in [-0.3, -0.25) is 14.5 Å². The molecule has 1 unspecified atom stereocenters. The average molecular weight is 402 g/mol. The Morgan fingerprint density at radius 2 is 2.07 bits per heavy atom. The topological polar surface area (TPSA) is 66.0 Å². The Bertz CT molecular complexity index is 941. The van der Waals surface area contributed by atoms with E-state index < -0.39 is 6.04 Å². The molecule has 3 rings (SSSR count). The number of carbonyl (C=O) groups is 1. The van der Waals surface area contributed by atoms with Gasteiger partial charge in [-0.15, -0.1) is 11.3 Å². The van der Waals surface area contributed by atoms with Crippen molar-refractivity contribution in [3.8, 4) is 10.7 Å². The lowest BCUT2D eigenvalue weighted by Crippen LogP contribution is -2.24. The molecule has 0 fully saturated rings. The fraction of sp³-hybridized carbons (Fsp3) is 0.316. The van der Waals surface area contributed by atoms with Gasteiger partial charge in [-0.2, -0.15) is 5.10 Å². The van der Waals surface area contributed by atoms with Crippen molar-refractivity contribution in [2.75, 3.05) is 26.0 Å². The summed E-state index contributed by atoms with van der Waals surface area (Å²) in [7, 11) is 4.11. The predicted octanol–water partition coefficient (Wildman–Crippen LogP) is 3.97. The van der Waals surface area contributed by atoms with Gasteiger partial charge in [0.25, 0.3) is 0 Å². The van der Waals surface area contributed by atoms with Gasteiger partial charge in [0.05, 0.1) is 4.88 Å². The number of nitrogens with one attached hydrogen (secondary N) is 2. The van der Waals surface area contributed by atoms with Crippen LogP contribution in [0.1, 0.15) is 18.5 Å². The number of amides is 1. The molecule has 2 N–H and O–H groups in total. The van der Waals surface area contributed by atoms with Crippen LogP contribution < -0.4 is 5.32 Å². The minimum Gasteiger partial charge on any atom is -0.324 e. The highest BCUT2D eigenvalue weighted by Gasteiger charge is 2.21. The Balaban J connectivity index is 1.72. The summed E-state index contributed by atoms with van der Waals surface area (Å²) in [5.74, 6) is 0.544. The van der Waals surface area contributed by atoms with E-state index >= 15 is 0 Å². The van der Waals surface area contributed by atoms with Crippen LogP contribution in [0.25, 0.3) is 10.7 Å². The first-order valence-corrected chi connectivity index (χ1v) is 10.00. The van der Waals surface area contributed by atoms with Crippen molar-refractivity contribution in [3.63, 3.8) is 0 Å². The molecule has 1 amide bonds. The zero-order valence-electron chi connectivity index (χ0n) is 15.6. The molecule has 6 nitrogen and oxygen atoms in total. The predicted molar refractivity (Wildman–Crippen MR) is 113 cm³/mol. The van der Waals surface area contributed by atoms with Crippen LogP contribution in [0.15, 0.2) is 41.8 Å². The van der Waals surface area contributed by atoms with Crippen molar-refractivity contribution in [1.82, 2.24) is 19.7 Å². The molecule has 1 aromatic carbocycles. The average Bonchev–Trinajstić information content (AvgIpc) is 3.29. The molecular weight excluding hydrogens is 378 g/mol. The van der Waals surface area contributed by atoms with Crippen LogP contribution in [0.2, 0.25) is 0 Å². The summed E-state index contributed by atoms with van der Waals surface area (Å²) < 4.78 is 2.18. The number of likely N-dealkylation sites (N-methyl/N-ethyl adjacent to an activating group) is 1. The van der Waals surface area contributed by atoms with Crippen molar-refractivity contribution < 1.29 is 4.79 Å². The van der Waals surface area contributed by atoms with Gasteiger partial charge in [0.15, 0.2) is 10.6 Å². The van der Waals surface area contributed by atoms with Crippen LogP contribution in [0, 0.1) is 4.77 Å². The summed E-state index contributed by atoms with van der Waals surface area (Å²) in [6.07, 6.45) is 0.978. The number of thiophene rings is 1. The maximum absolute atomic E-state index is 12.8. The number of nitrogens with zero attached hydrogens (tertiary/aromatic N) is 3. The smallest absolute Gasteiger partial charge is 0.247 e. The van der Waals surface area contributed by atoms with Crippen molar-refractivity contribution in [2.45, 2.75) is 19.4 Å². The van der Waals surface area contributed by atoms with E-state index in [1.54, 1.807) is 15.9 Å². The van der Waals surface area contributed by atoms with E-state index in [-0.39, 0.29) is 5.91 Å². The minimum absolute atomic E-state index is 0.133. The third kappa shape index (κ3) is 4.71. The lowest BCUT2D eigenvalue weighted by atomic mass is 10.1. The van der Waals surface area contributed by atoms with Crippen LogP contribution in [-0.2, 0) is 11.2 Å². The van der Waals surface area contributed by atoms with E-state index in [0.717, 1.165) is 23.5 Å². The van der Waals surface area contributed by atoms with Crippen molar-refractivity contribution in [3.05, 3.63) is 52.1 Å². The number of aromatic nitrogens is 3. The summed E-state index contributed by atoms with van der Waals surface area (Å²) in [4.78, 5) is 15.9. The Labute approximate surface area is 167 Å². The molecule has 0 radical (unpaired) electrons. The van der Waals surface area contributed by atoms with Crippen LogP contribution >= 0.6 is 23.6 Å². The van der Waals surface area contributed by atoms with E-state index in [1.807, 2.05) is 48.7 Å². The first-order valence-electron chi connectivity index (χ1n) is 8.71. The Hall–Kier alpha value is -2.29. The Morgan fingerprint density at radius 1 is 1.33 bits per heavy atom. The zero-order valence-corrected chi connectivity index (χ0v) is 17.2. The van der Waals surface area contributed by atoms with Gasteiger partial charge in [-0.25, -0.2) is 0 Å². The number of benzene rings is 1. The van der Waals surface area contributed by atoms with Crippen LogP contribution in [0.5, 0.6) is 0 Å². The summed E-state index contributed by atoms with van der Waals surface area (Å²) in [5.41, 5.74) is 2.01. The molecular formula is C19H23N5OS2. The second-order valence-corrected chi connectivity index (χ2v) is 7.95. The van der Waals surface area contributed by atoms with Gasteiger partial charge >= 0.3 is 0 Å². The monoisotopic (exact) mass is 401 g/mol. The molecule has 1 atom stereocenters. The third-order valence-corrected chi connectivity index (χ3v) is 5.44. The molecule has 0 bridgehead atoms. The Kier molecular flexibility index (Phi) is 6.20. The summed E-state index contributed by atoms with van der Waals surface area (Å²) >= 11 is 6.90. The molecule has 0 saturated carbocycles. The van der Waals surface area contributed by atoms with Crippen LogP contribution in [0.4, 0.5) is 5.69 Å². The van der Waals surface area contributed by atoms with E-state index in [4.69, 9.17) is 12.2 Å². The zero-order chi connectivity index (χ0) is 19.4. The lowest BCUT2D eigenvalue weighted by molar-refractivity contribution is -0.118. The van der Waals surface area contributed by atoms with Crippen molar-refractivity contribution in [2.24, 2.45) is 0 Å². The standard InChI is InChI=1S/C19H23N5OS2/c1-13(24-17(21-22-19(24)26)16-5-4-12-27-16)18(25)20-15-8-6-14(7-9-15)10-11-23(2)3/h4-9,12-13H,10-11H2,1-3H3,(H,20,25)(H,22,26). The Morgan fingerprint density at radius 3 is 2.70 bits per heavy atom. The number of aromatic amines is 1. The number of anilines is 1. The molecule has 142 valence electrons. The van der Waals surface area contributed by atoms with Gasteiger partial charge in [-0.05, 0) is 68.8 Å². The minimum atomic E-state index is -0.484. The number of H-pyrrole nitrogens is 1. The molecule has 0 saturated heterocycles. The largest absolute Gasteiger partial charge is 0.324 e. The fourth-order valence-corrected chi connectivity index (χ4v) is 3.72. The maximum Gasteiger partial charge on any atom is 0.247 e. The number of hydrogen-bond acceptors (Lipinski definition) is 5. The van der Waals surface area contributed by atoms with E-state index in [0.29, 0.717) is 10.6 Å². The van der Waals surface area contributed by atoms with Crippen molar-refractivity contribution in [1.29, 1.82) is 0 Å². The second kappa shape index (κ2) is 8.60. The lowest BCUT2D eigenvalue weighted by Gasteiger charge is -2.15. The molecule has 3 aromatic rings. The summed E-state index contributed by atoms with van der Waals surface area (Å²) in [6.45, 7) is 2.82. The molecule has 0 spiro atoms. The van der Waals surface area contributed by atoms with Gasteiger partial charge in [0.2, 0.25) is 5.91 Å². The van der Waals surface area contributed by atoms with E-state index in [9.17, 15) is 4.79 Å². The summed E-state index contributed by atoms with van der Waals surface area (Å²) in [5, 5.41) is 12.0. The van der Waals surface area contributed by atoms with Gasteiger partial charge < -0.3 is 10.2 Å².